The van der Waals surface area contributed by atoms with Crippen LogP contribution in [0, 0.1) is 0 Å². The van der Waals surface area contributed by atoms with Gasteiger partial charge in [-0.3, -0.25) is 0 Å². The normalized spacial score (nSPS) is 11.6. The first-order chi connectivity index (χ1) is 24.8. The minimum atomic E-state index is 0.906. The molecule has 0 aliphatic rings. The summed E-state index contributed by atoms with van der Waals surface area (Å²) in [4.78, 5) is 2.34. The van der Waals surface area contributed by atoms with Crippen LogP contribution in [0.2, 0.25) is 0 Å². The van der Waals surface area contributed by atoms with Gasteiger partial charge in [0.1, 0.15) is 11.2 Å². The minimum absolute atomic E-state index is 0.906. The molecule has 1 aromatic heterocycles. The van der Waals surface area contributed by atoms with E-state index in [0.29, 0.717) is 0 Å². The average Bonchev–Trinajstić information content (AvgIpc) is 3.58. The van der Waals surface area contributed by atoms with E-state index in [0.717, 1.165) is 50.1 Å². The predicted molar refractivity (Wildman–Crippen MR) is 212 cm³/mol. The lowest BCUT2D eigenvalue weighted by Crippen LogP contribution is -2.09. The summed E-state index contributed by atoms with van der Waals surface area (Å²) in [6, 6.07) is 67.4. The second-order valence-electron chi connectivity index (χ2n) is 12.9. The highest BCUT2D eigenvalue weighted by Crippen LogP contribution is 2.43. The Balaban J connectivity index is 1.08. The zero-order valence-electron chi connectivity index (χ0n) is 27.3. The van der Waals surface area contributed by atoms with E-state index in [4.69, 9.17) is 4.42 Å². The SMILES string of the molecule is c1ccc(-c2ccc(N(c3ccc(-c4ccc5oc6c7ccccc7c7ccccc7c6c5c4)cc3)c3ccc4ccccc4c3)cc2)cc1. The molecule has 9 aromatic carbocycles. The predicted octanol–water partition coefficient (Wildman–Crippen LogP) is 13.8. The van der Waals surface area contributed by atoms with Crippen molar-refractivity contribution in [3.63, 3.8) is 0 Å². The Morgan fingerprint density at radius 2 is 0.840 bits per heavy atom. The van der Waals surface area contributed by atoms with Crippen molar-refractivity contribution in [3.05, 3.63) is 188 Å². The third-order valence-electron chi connectivity index (χ3n) is 10.0. The van der Waals surface area contributed by atoms with Gasteiger partial charge in [-0.1, -0.05) is 140 Å². The molecule has 0 saturated carbocycles. The molecule has 50 heavy (non-hydrogen) atoms. The third kappa shape index (κ3) is 4.65. The summed E-state index contributed by atoms with van der Waals surface area (Å²) in [7, 11) is 0. The molecule has 0 saturated heterocycles. The number of hydrogen-bond donors (Lipinski definition) is 0. The number of nitrogens with zero attached hydrogens (tertiary/aromatic N) is 1. The summed E-state index contributed by atoms with van der Waals surface area (Å²) in [6.07, 6.45) is 0. The maximum atomic E-state index is 6.57. The Labute approximate surface area is 290 Å². The van der Waals surface area contributed by atoms with Crippen LogP contribution in [-0.4, -0.2) is 0 Å². The van der Waals surface area contributed by atoms with Crippen molar-refractivity contribution >= 4 is 71.3 Å². The van der Waals surface area contributed by atoms with Gasteiger partial charge in [-0.15, -0.1) is 0 Å². The number of furan rings is 1. The van der Waals surface area contributed by atoms with E-state index in [-0.39, 0.29) is 0 Å². The summed E-state index contributed by atoms with van der Waals surface area (Å²) in [6.45, 7) is 0. The number of fused-ring (bicyclic) bond motifs is 9. The number of rotatable bonds is 5. The van der Waals surface area contributed by atoms with Crippen LogP contribution in [0.15, 0.2) is 192 Å². The summed E-state index contributed by atoms with van der Waals surface area (Å²) in [5.41, 5.74) is 9.92. The molecule has 0 amide bonds. The quantitative estimate of drug-likeness (QED) is 0.175. The molecule has 1 heterocycles. The van der Waals surface area contributed by atoms with Gasteiger partial charge in [-0.2, -0.15) is 0 Å². The lowest BCUT2D eigenvalue weighted by Gasteiger charge is -2.26. The lowest BCUT2D eigenvalue weighted by atomic mass is 9.96. The number of benzene rings is 9. The molecule has 0 aliphatic carbocycles. The van der Waals surface area contributed by atoms with Crippen LogP contribution in [0.4, 0.5) is 17.1 Å². The van der Waals surface area contributed by atoms with Gasteiger partial charge in [0.05, 0.1) is 0 Å². The molecule has 2 nitrogen and oxygen atoms in total. The molecule has 0 spiro atoms. The monoisotopic (exact) mass is 637 g/mol. The summed E-state index contributed by atoms with van der Waals surface area (Å²) >= 11 is 0. The fourth-order valence-corrected chi connectivity index (χ4v) is 7.59. The van der Waals surface area contributed by atoms with Crippen molar-refractivity contribution < 1.29 is 4.42 Å². The van der Waals surface area contributed by atoms with Crippen molar-refractivity contribution in [2.45, 2.75) is 0 Å². The lowest BCUT2D eigenvalue weighted by molar-refractivity contribution is 0.673. The maximum Gasteiger partial charge on any atom is 0.143 e. The fourth-order valence-electron chi connectivity index (χ4n) is 7.59. The molecular formula is C48H31NO. The summed E-state index contributed by atoms with van der Waals surface area (Å²) in [5.74, 6) is 0. The number of anilines is 3. The van der Waals surface area contributed by atoms with Crippen LogP contribution < -0.4 is 4.90 Å². The van der Waals surface area contributed by atoms with E-state index in [1.165, 1.54) is 43.4 Å². The first kappa shape index (κ1) is 28.4. The van der Waals surface area contributed by atoms with Gasteiger partial charge in [0.25, 0.3) is 0 Å². The van der Waals surface area contributed by atoms with Gasteiger partial charge >= 0.3 is 0 Å². The molecule has 0 aliphatic heterocycles. The van der Waals surface area contributed by atoms with E-state index in [1.54, 1.807) is 0 Å². The molecule has 0 bridgehead atoms. The van der Waals surface area contributed by atoms with Crippen LogP contribution in [0.5, 0.6) is 0 Å². The molecule has 0 N–H and O–H groups in total. The molecule has 0 fully saturated rings. The second-order valence-corrected chi connectivity index (χ2v) is 12.9. The molecule has 234 valence electrons. The van der Waals surface area contributed by atoms with E-state index in [1.807, 2.05) is 0 Å². The van der Waals surface area contributed by atoms with Crippen molar-refractivity contribution in [2.75, 3.05) is 4.90 Å². The third-order valence-corrected chi connectivity index (χ3v) is 10.0. The zero-order valence-corrected chi connectivity index (χ0v) is 27.3. The van der Waals surface area contributed by atoms with Gasteiger partial charge in [-0.05, 0) is 97.7 Å². The molecular weight excluding hydrogens is 607 g/mol. The smallest absolute Gasteiger partial charge is 0.143 e. The average molecular weight is 638 g/mol. The topological polar surface area (TPSA) is 16.4 Å². The minimum Gasteiger partial charge on any atom is -0.455 e. The van der Waals surface area contributed by atoms with Crippen molar-refractivity contribution in [1.29, 1.82) is 0 Å². The van der Waals surface area contributed by atoms with E-state index in [2.05, 4.69) is 193 Å². The molecule has 0 unspecified atom stereocenters. The highest BCUT2D eigenvalue weighted by atomic mass is 16.3. The second kappa shape index (κ2) is 11.5. The van der Waals surface area contributed by atoms with Gasteiger partial charge < -0.3 is 9.32 Å². The Morgan fingerprint density at radius 1 is 0.320 bits per heavy atom. The fraction of sp³-hybridized carbons (Fsp3) is 0. The molecule has 2 heteroatoms. The van der Waals surface area contributed by atoms with E-state index >= 15 is 0 Å². The van der Waals surface area contributed by atoms with E-state index < -0.39 is 0 Å². The van der Waals surface area contributed by atoms with Crippen molar-refractivity contribution in [2.24, 2.45) is 0 Å². The van der Waals surface area contributed by atoms with Crippen LogP contribution in [-0.2, 0) is 0 Å². The standard InChI is InChI=1S/C48H31NO/c1-2-10-32(11-3-1)34-18-24-38(25-19-34)49(40-28-22-33-12-4-5-13-36(33)30-40)39-26-20-35(21-27-39)37-23-29-46-45(31-37)47-43-16-8-6-14-41(43)42-15-7-9-17-44(42)48(47)50-46/h1-31H. The maximum absolute atomic E-state index is 6.57. The molecule has 0 atom stereocenters. The Kier molecular flexibility index (Phi) is 6.53. The highest BCUT2D eigenvalue weighted by Gasteiger charge is 2.17. The van der Waals surface area contributed by atoms with Crippen LogP contribution >= 0.6 is 0 Å². The molecule has 0 radical (unpaired) electrons. The van der Waals surface area contributed by atoms with Gasteiger partial charge in [-0.25, -0.2) is 0 Å². The van der Waals surface area contributed by atoms with Crippen LogP contribution in [0.1, 0.15) is 0 Å². The molecule has 10 rings (SSSR count). The van der Waals surface area contributed by atoms with E-state index in [9.17, 15) is 0 Å². The Hall–Kier alpha value is -6.64. The first-order valence-corrected chi connectivity index (χ1v) is 17.1. The number of hydrogen-bond acceptors (Lipinski definition) is 2. The van der Waals surface area contributed by atoms with Crippen molar-refractivity contribution in [1.82, 2.24) is 0 Å². The van der Waals surface area contributed by atoms with Crippen LogP contribution in [0.3, 0.4) is 0 Å². The van der Waals surface area contributed by atoms with Crippen molar-refractivity contribution in [3.8, 4) is 22.3 Å². The molecule has 10 aromatic rings. The first-order valence-electron chi connectivity index (χ1n) is 17.1. The Morgan fingerprint density at radius 3 is 1.56 bits per heavy atom. The van der Waals surface area contributed by atoms with Gasteiger partial charge in [0, 0.05) is 33.2 Å². The Bertz CT molecular complexity index is 2850. The zero-order chi connectivity index (χ0) is 33.0. The largest absolute Gasteiger partial charge is 0.455 e. The highest BCUT2D eigenvalue weighted by molar-refractivity contribution is 6.30. The van der Waals surface area contributed by atoms with Crippen LogP contribution in [0.25, 0.3) is 76.5 Å². The van der Waals surface area contributed by atoms with Gasteiger partial charge in [0.2, 0.25) is 0 Å². The summed E-state index contributed by atoms with van der Waals surface area (Å²) in [5, 5.41) is 9.59. The van der Waals surface area contributed by atoms with Gasteiger partial charge in [0.15, 0.2) is 0 Å². The summed E-state index contributed by atoms with van der Waals surface area (Å²) < 4.78 is 6.57.